The lowest BCUT2D eigenvalue weighted by atomic mass is 10.1. The van der Waals surface area contributed by atoms with Crippen LogP contribution < -0.4 is 5.32 Å². The van der Waals surface area contributed by atoms with Crippen molar-refractivity contribution in [1.29, 1.82) is 0 Å². The maximum absolute atomic E-state index is 12.1. The van der Waals surface area contributed by atoms with Crippen LogP contribution in [0.4, 0.5) is 5.82 Å². The minimum absolute atomic E-state index is 0.144. The monoisotopic (exact) mass is 338 g/mol. The number of nitrogens with one attached hydrogen (secondary N) is 1. The maximum Gasteiger partial charge on any atom is 0.239 e. The van der Waals surface area contributed by atoms with E-state index in [1.807, 2.05) is 4.90 Å². The molecule has 24 heavy (non-hydrogen) atoms. The number of aliphatic hydroxyl groups excluding tert-OH is 1. The topological polar surface area (TPSA) is 91.1 Å². The molecular weight excluding hydrogens is 312 g/mol. The van der Waals surface area contributed by atoms with Crippen LogP contribution in [0.1, 0.15) is 18.6 Å². The molecule has 1 aromatic heterocycles. The number of rotatable bonds is 4. The van der Waals surface area contributed by atoms with Crippen molar-refractivity contribution in [3.05, 3.63) is 11.8 Å². The molecular formula is C16H26N4O4. The van der Waals surface area contributed by atoms with E-state index in [0.717, 1.165) is 39.1 Å². The molecule has 0 spiro atoms. The number of aliphatic hydroxyl groups is 1. The van der Waals surface area contributed by atoms with Crippen molar-refractivity contribution in [3.8, 4) is 0 Å². The minimum Gasteiger partial charge on any atom is -0.390 e. The number of hydrogen-bond donors (Lipinski definition) is 2. The van der Waals surface area contributed by atoms with Gasteiger partial charge in [0.25, 0.3) is 0 Å². The summed E-state index contributed by atoms with van der Waals surface area (Å²) in [5, 5.41) is 16.8. The van der Waals surface area contributed by atoms with Crippen LogP contribution in [0, 0.1) is 6.92 Å². The summed E-state index contributed by atoms with van der Waals surface area (Å²) >= 11 is 0. The first-order valence-electron chi connectivity index (χ1n) is 8.55. The molecule has 0 aromatic carbocycles. The van der Waals surface area contributed by atoms with Gasteiger partial charge in [0, 0.05) is 51.5 Å². The Kier molecular flexibility index (Phi) is 5.83. The van der Waals surface area contributed by atoms with Crippen molar-refractivity contribution in [2.24, 2.45) is 0 Å². The van der Waals surface area contributed by atoms with Gasteiger partial charge in [0.05, 0.1) is 12.6 Å². The fraction of sp³-hybridized carbons (Fsp3) is 0.750. The van der Waals surface area contributed by atoms with E-state index in [4.69, 9.17) is 9.26 Å². The van der Waals surface area contributed by atoms with Gasteiger partial charge in [-0.3, -0.25) is 14.6 Å². The van der Waals surface area contributed by atoms with E-state index in [1.165, 1.54) is 0 Å². The molecule has 0 bridgehead atoms. The Balaban J connectivity index is 1.50. The van der Waals surface area contributed by atoms with E-state index in [9.17, 15) is 9.90 Å². The predicted octanol–water partition coefficient (Wildman–Crippen LogP) is 0.0790. The number of hydrogen-bond acceptors (Lipinski definition) is 7. The Morgan fingerprint density at radius 2 is 2.17 bits per heavy atom. The van der Waals surface area contributed by atoms with Crippen molar-refractivity contribution in [2.75, 3.05) is 51.3 Å². The second-order valence-corrected chi connectivity index (χ2v) is 6.60. The highest BCUT2D eigenvalue weighted by atomic mass is 16.5. The molecule has 8 nitrogen and oxygen atoms in total. The third-order valence-corrected chi connectivity index (χ3v) is 4.59. The normalized spacial score (nSPS) is 24.7. The molecule has 3 rings (SSSR count). The van der Waals surface area contributed by atoms with Gasteiger partial charge >= 0.3 is 0 Å². The molecule has 1 amide bonds. The third kappa shape index (κ3) is 4.76. The van der Waals surface area contributed by atoms with Crippen LogP contribution in [0.5, 0.6) is 0 Å². The fourth-order valence-electron chi connectivity index (χ4n) is 3.42. The van der Waals surface area contributed by atoms with Crippen molar-refractivity contribution in [1.82, 2.24) is 15.0 Å². The molecule has 2 N–H and O–H groups in total. The molecule has 0 saturated carbocycles. The number of aryl methyl sites for hydroxylation is 1. The highest BCUT2D eigenvalue weighted by Crippen LogP contribution is 2.17. The third-order valence-electron chi connectivity index (χ3n) is 4.59. The molecule has 2 aliphatic rings. The average molecular weight is 338 g/mol. The Hall–Kier alpha value is -1.48. The first kappa shape index (κ1) is 17.3. The molecule has 0 aliphatic carbocycles. The number of amides is 1. The molecule has 1 atom stereocenters. The molecule has 3 heterocycles. The van der Waals surface area contributed by atoms with E-state index in [2.05, 4.69) is 15.4 Å². The van der Waals surface area contributed by atoms with Gasteiger partial charge in [0.15, 0.2) is 5.82 Å². The average Bonchev–Trinajstić information content (AvgIpc) is 2.86. The first-order valence-corrected chi connectivity index (χ1v) is 8.55. The summed E-state index contributed by atoms with van der Waals surface area (Å²) in [6.45, 7) is 6.39. The van der Waals surface area contributed by atoms with Gasteiger partial charge in [-0.15, -0.1) is 0 Å². The van der Waals surface area contributed by atoms with Crippen LogP contribution in [0.25, 0.3) is 0 Å². The summed E-state index contributed by atoms with van der Waals surface area (Å²) in [5.74, 6) is 0.939. The Labute approximate surface area is 141 Å². The zero-order chi connectivity index (χ0) is 16.9. The van der Waals surface area contributed by atoms with Crippen molar-refractivity contribution < 1.29 is 19.2 Å². The van der Waals surface area contributed by atoms with Crippen LogP contribution in [0.2, 0.25) is 0 Å². The van der Waals surface area contributed by atoms with Gasteiger partial charge in [-0.25, -0.2) is 0 Å². The highest BCUT2D eigenvalue weighted by Gasteiger charge is 2.28. The largest absolute Gasteiger partial charge is 0.390 e. The SMILES string of the molecule is Cc1cc(NC(=O)CN2CCN(C3CCOCC3)C[C@@H](O)C2)no1. The molecule has 2 fully saturated rings. The quantitative estimate of drug-likeness (QED) is 0.803. The summed E-state index contributed by atoms with van der Waals surface area (Å²) in [6, 6.07) is 2.16. The Morgan fingerprint density at radius 1 is 1.38 bits per heavy atom. The lowest BCUT2D eigenvalue weighted by Crippen LogP contribution is -2.43. The first-order chi connectivity index (χ1) is 11.6. The van der Waals surface area contributed by atoms with Crippen molar-refractivity contribution in [2.45, 2.75) is 31.9 Å². The van der Waals surface area contributed by atoms with E-state index in [-0.39, 0.29) is 12.5 Å². The molecule has 2 aliphatic heterocycles. The lowest BCUT2D eigenvalue weighted by molar-refractivity contribution is -0.117. The number of anilines is 1. The maximum atomic E-state index is 12.1. The van der Waals surface area contributed by atoms with Crippen LogP contribution in [-0.4, -0.2) is 84.1 Å². The molecule has 1 aromatic rings. The van der Waals surface area contributed by atoms with Gasteiger partial charge in [-0.1, -0.05) is 5.16 Å². The van der Waals surface area contributed by atoms with Gasteiger partial charge < -0.3 is 19.7 Å². The molecule has 8 heteroatoms. The highest BCUT2D eigenvalue weighted by molar-refractivity contribution is 5.91. The number of nitrogens with zero attached hydrogens (tertiary/aromatic N) is 3. The predicted molar refractivity (Wildman–Crippen MR) is 87.7 cm³/mol. The summed E-state index contributed by atoms with van der Waals surface area (Å²) in [6.07, 6.45) is 1.58. The summed E-state index contributed by atoms with van der Waals surface area (Å²) in [7, 11) is 0. The van der Waals surface area contributed by atoms with Gasteiger partial charge in [0.1, 0.15) is 5.76 Å². The molecule has 2 saturated heterocycles. The molecule has 0 unspecified atom stereocenters. The van der Waals surface area contributed by atoms with Crippen LogP contribution >= 0.6 is 0 Å². The van der Waals surface area contributed by atoms with Crippen molar-refractivity contribution >= 4 is 11.7 Å². The zero-order valence-electron chi connectivity index (χ0n) is 14.1. The van der Waals surface area contributed by atoms with Crippen LogP contribution in [0.15, 0.2) is 10.6 Å². The van der Waals surface area contributed by atoms with E-state index in [1.54, 1.807) is 13.0 Å². The fourth-order valence-corrected chi connectivity index (χ4v) is 3.42. The number of carbonyl (C=O) groups is 1. The van der Waals surface area contributed by atoms with Crippen LogP contribution in [0.3, 0.4) is 0 Å². The second kappa shape index (κ2) is 8.06. The molecule has 134 valence electrons. The van der Waals surface area contributed by atoms with E-state index < -0.39 is 6.10 Å². The summed E-state index contributed by atoms with van der Waals surface area (Å²) in [4.78, 5) is 16.5. The minimum atomic E-state index is -0.447. The number of β-amino-alcohol motifs (C(OH)–C–C–N with tert-alkyl or cyclic N) is 1. The second-order valence-electron chi connectivity index (χ2n) is 6.60. The van der Waals surface area contributed by atoms with Crippen molar-refractivity contribution in [3.63, 3.8) is 0 Å². The smallest absolute Gasteiger partial charge is 0.239 e. The number of aromatic nitrogens is 1. The van der Waals surface area contributed by atoms with Gasteiger partial charge in [-0.2, -0.15) is 0 Å². The van der Waals surface area contributed by atoms with Crippen LogP contribution in [-0.2, 0) is 9.53 Å². The van der Waals surface area contributed by atoms with E-state index in [0.29, 0.717) is 30.7 Å². The lowest BCUT2D eigenvalue weighted by Gasteiger charge is -2.33. The zero-order valence-corrected chi connectivity index (χ0v) is 14.1. The Morgan fingerprint density at radius 3 is 2.88 bits per heavy atom. The number of carbonyl (C=O) groups excluding carboxylic acids is 1. The molecule has 0 radical (unpaired) electrons. The van der Waals surface area contributed by atoms with E-state index >= 15 is 0 Å². The van der Waals surface area contributed by atoms with Gasteiger partial charge in [-0.05, 0) is 19.8 Å². The number of ether oxygens (including phenoxy) is 1. The van der Waals surface area contributed by atoms with Gasteiger partial charge in [0.2, 0.25) is 5.91 Å². The standard InChI is InChI=1S/C16H26N4O4/c1-12-8-15(18-24-12)17-16(22)11-19-4-5-20(10-14(21)9-19)13-2-6-23-7-3-13/h8,13-14,21H,2-7,9-11H2,1H3,(H,17,18,22)/t14-/m0/s1. The summed E-state index contributed by atoms with van der Waals surface area (Å²) < 4.78 is 10.4. The Bertz CT molecular complexity index is 544. The summed E-state index contributed by atoms with van der Waals surface area (Å²) in [5.41, 5.74) is 0.